The number of amides is 2. The van der Waals surface area contributed by atoms with Crippen molar-refractivity contribution in [1.82, 2.24) is 5.32 Å². The molecule has 2 rings (SSSR count). The fraction of sp³-hybridized carbons (Fsp3) is 0.333. The molecule has 0 saturated carbocycles. The first kappa shape index (κ1) is 18.5. The lowest BCUT2D eigenvalue weighted by Gasteiger charge is -2.16. The van der Waals surface area contributed by atoms with E-state index in [0.29, 0.717) is 11.4 Å². The molecule has 0 aliphatic heterocycles. The Balaban J connectivity index is 1.67. The van der Waals surface area contributed by atoms with Gasteiger partial charge in [0.15, 0.2) is 0 Å². The van der Waals surface area contributed by atoms with E-state index in [-0.39, 0.29) is 13.2 Å². The van der Waals surface area contributed by atoms with Crippen molar-refractivity contribution >= 4 is 17.9 Å². The second-order valence-electron chi connectivity index (χ2n) is 5.31. The number of alkyl carbamates (subject to hydrolysis) is 1. The molecule has 7 heteroatoms. The fourth-order valence-electron chi connectivity index (χ4n) is 2.06. The van der Waals surface area contributed by atoms with Crippen molar-refractivity contribution in [3.8, 4) is 0 Å². The van der Waals surface area contributed by atoms with Crippen LogP contribution >= 0.6 is 0 Å². The van der Waals surface area contributed by atoms with Gasteiger partial charge in [0, 0.05) is 18.5 Å². The minimum atomic E-state index is -0.602. The summed E-state index contributed by atoms with van der Waals surface area (Å²) in [5.74, 6) is 0. The molecular weight excluding hydrogens is 324 g/mol. The number of ether oxygens (including phenoxy) is 3. The quantitative estimate of drug-likeness (QED) is 0.792. The van der Waals surface area contributed by atoms with Gasteiger partial charge >= 0.3 is 12.2 Å². The molecule has 1 aromatic carbocycles. The molecule has 25 heavy (non-hydrogen) atoms. The van der Waals surface area contributed by atoms with Gasteiger partial charge in [0.1, 0.15) is 19.3 Å². The maximum atomic E-state index is 11.7. The predicted molar refractivity (Wildman–Crippen MR) is 93.2 cm³/mol. The lowest BCUT2D eigenvalue weighted by molar-refractivity contribution is -0.00169. The van der Waals surface area contributed by atoms with Crippen molar-refractivity contribution in [3.05, 3.63) is 54.3 Å². The van der Waals surface area contributed by atoms with Crippen LogP contribution in [0.25, 0.3) is 0 Å². The van der Waals surface area contributed by atoms with E-state index in [1.807, 2.05) is 24.3 Å². The molecule has 0 bridgehead atoms. The van der Waals surface area contributed by atoms with Crippen molar-refractivity contribution in [3.63, 3.8) is 0 Å². The van der Waals surface area contributed by atoms with Gasteiger partial charge in [-0.15, -0.1) is 0 Å². The lowest BCUT2D eigenvalue weighted by atomic mass is 10.1. The largest absolute Gasteiger partial charge is 0.446 e. The minimum absolute atomic E-state index is 0.0298. The van der Waals surface area contributed by atoms with Gasteiger partial charge in [-0.1, -0.05) is 30.4 Å². The highest BCUT2D eigenvalue weighted by molar-refractivity contribution is 5.84. The molecule has 1 aliphatic rings. The number of benzene rings is 1. The van der Waals surface area contributed by atoms with Crippen molar-refractivity contribution in [2.24, 2.45) is 0 Å². The summed E-state index contributed by atoms with van der Waals surface area (Å²) >= 11 is 0. The van der Waals surface area contributed by atoms with Crippen LogP contribution in [0.1, 0.15) is 12.8 Å². The van der Waals surface area contributed by atoms with Crippen molar-refractivity contribution in [1.29, 1.82) is 0 Å². The number of nitrogens with one attached hydrogen (secondary N) is 2. The molecule has 0 heterocycles. The molecule has 2 amide bonds. The fourth-order valence-corrected chi connectivity index (χ4v) is 2.06. The number of hydrogen-bond acceptors (Lipinski definition) is 5. The number of rotatable bonds is 7. The lowest BCUT2D eigenvalue weighted by Crippen LogP contribution is -2.31. The summed E-state index contributed by atoms with van der Waals surface area (Å²) < 4.78 is 15.3. The Morgan fingerprint density at radius 3 is 2.32 bits per heavy atom. The third-order valence-electron chi connectivity index (χ3n) is 3.40. The Labute approximate surface area is 146 Å². The molecule has 0 saturated heterocycles. The highest BCUT2D eigenvalue weighted by Crippen LogP contribution is 2.07. The van der Waals surface area contributed by atoms with Crippen molar-refractivity contribution in [2.45, 2.75) is 18.9 Å². The van der Waals surface area contributed by atoms with Crippen LogP contribution in [0.3, 0.4) is 0 Å². The zero-order valence-corrected chi connectivity index (χ0v) is 14.1. The number of methoxy groups -OCH3 is 1. The molecule has 1 aromatic rings. The van der Waals surface area contributed by atoms with Crippen molar-refractivity contribution < 1.29 is 23.8 Å². The third kappa shape index (κ3) is 7.09. The van der Waals surface area contributed by atoms with Crippen molar-refractivity contribution in [2.75, 3.05) is 25.6 Å². The maximum Gasteiger partial charge on any atom is 0.411 e. The van der Waals surface area contributed by atoms with E-state index in [2.05, 4.69) is 10.6 Å². The van der Waals surface area contributed by atoms with Gasteiger partial charge < -0.3 is 14.2 Å². The Kier molecular flexibility index (Phi) is 7.52. The van der Waals surface area contributed by atoms with Crippen LogP contribution in [-0.2, 0) is 14.2 Å². The highest BCUT2D eigenvalue weighted by Gasteiger charge is 2.14. The van der Waals surface area contributed by atoms with E-state index in [9.17, 15) is 9.59 Å². The molecule has 0 radical (unpaired) electrons. The van der Waals surface area contributed by atoms with Crippen LogP contribution in [0.4, 0.5) is 15.3 Å². The molecule has 0 spiro atoms. The molecule has 134 valence electrons. The molecule has 7 nitrogen and oxygen atoms in total. The number of allylic oxidation sites excluding steroid dienone is 3. The van der Waals surface area contributed by atoms with Gasteiger partial charge in [0.05, 0.1) is 0 Å². The van der Waals surface area contributed by atoms with Crippen LogP contribution in [0.15, 0.2) is 54.3 Å². The average Bonchev–Trinajstić information content (AvgIpc) is 2.63. The van der Waals surface area contributed by atoms with Gasteiger partial charge in [-0.05, 0) is 31.1 Å². The summed E-state index contributed by atoms with van der Waals surface area (Å²) in [5, 5.41) is 5.22. The van der Waals surface area contributed by atoms with E-state index >= 15 is 0 Å². The van der Waals surface area contributed by atoms with Crippen LogP contribution in [0.5, 0.6) is 0 Å². The monoisotopic (exact) mass is 346 g/mol. The number of hydrogen-bond donors (Lipinski definition) is 2. The molecular formula is C18H22N2O5. The Bertz CT molecular complexity index is 628. The Morgan fingerprint density at radius 1 is 1.04 bits per heavy atom. The van der Waals surface area contributed by atoms with E-state index in [4.69, 9.17) is 14.2 Å². The number of carbonyl (C=O) groups excluding carboxylic acids is 2. The summed E-state index contributed by atoms with van der Waals surface area (Å²) in [6.07, 6.45) is 5.85. The standard InChI is InChI=1S/C18H22N2O5/c1-23-16(12-24-17(21)19-14-8-4-2-5-9-14)13-25-18(22)20-15-10-6-3-7-11-15/h2,4-6,8-11,16H,3,7,12-13H2,1H3,(H,19,21)(H,20,22). The first-order valence-corrected chi connectivity index (χ1v) is 7.99. The number of para-hydroxylation sites is 1. The van der Waals surface area contributed by atoms with Crippen LogP contribution < -0.4 is 10.6 Å². The summed E-state index contributed by atoms with van der Waals surface area (Å²) in [6, 6.07) is 8.95. The number of anilines is 1. The summed E-state index contributed by atoms with van der Waals surface area (Å²) in [4.78, 5) is 23.4. The minimum Gasteiger partial charge on any atom is -0.446 e. The van der Waals surface area contributed by atoms with Gasteiger partial charge in [-0.2, -0.15) is 0 Å². The van der Waals surface area contributed by atoms with Crippen LogP contribution in [0, 0.1) is 0 Å². The normalized spacial score (nSPS) is 14.2. The maximum absolute atomic E-state index is 11.7. The second kappa shape index (κ2) is 10.1. The molecule has 0 fully saturated rings. The van der Waals surface area contributed by atoms with E-state index in [1.165, 1.54) is 7.11 Å². The first-order chi connectivity index (χ1) is 12.2. The summed E-state index contributed by atoms with van der Waals surface area (Å²) in [6.45, 7) is -0.0665. The highest BCUT2D eigenvalue weighted by atomic mass is 16.6. The Morgan fingerprint density at radius 2 is 1.72 bits per heavy atom. The van der Waals surface area contributed by atoms with E-state index < -0.39 is 18.3 Å². The SMILES string of the molecule is COC(COC(=O)NC1=CCCC=C1)COC(=O)Nc1ccccc1. The summed E-state index contributed by atoms with van der Waals surface area (Å²) in [5.41, 5.74) is 1.34. The smallest absolute Gasteiger partial charge is 0.411 e. The zero-order valence-electron chi connectivity index (χ0n) is 14.1. The zero-order chi connectivity index (χ0) is 17.9. The van der Waals surface area contributed by atoms with Gasteiger partial charge in [-0.3, -0.25) is 10.6 Å². The average molecular weight is 346 g/mol. The summed E-state index contributed by atoms with van der Waals surface area (Å²) in [7, 11) is 1.46. The van der Waals surface area contributed by atoms with E-state index in [0.717, 1.165) is 12.8 Å². The third-order valence-corrected chi connectivity index (χ3v) is 3.40. The van der Waals surface area contributed by atoms with Crippen LogP contribution in [0.2, 0.25) is 0 Å². The van der Waals surface area contributed by atoms with Gasteiger partial charge in [-0.25, -0.2) is 9.59 Å². The molecule has 0 aromatic heterocycles. The molecule has 1 aliphatic carbocycles. The predicted octanol–water partition coefficient (Wildman–Crippen LogP) is 3.21. The van der Waals surface area contributed by atoms with Crippen LogP contribution in [-0.4, -0.2) is 38.6 Å². The van der Waals surface area contributed by atoms with Gasteiger partial charge in [0.2, 0.25) is 0 Å². The Hall–Kier alpha value is -2.80. The van der Waals surface area contributed by atoms with Gasteiger partial charge in [0.25, 0.3) is 0 Å². The number of carbonyl (C=O) groups is 2. The molecule has 2 N–H and O–H groups in total. The molecule has 1 atom stereocenters. The second-order valence-corrected chi connectivity index (χ2v) is 5.31. The first-order valence-electron chi connectivity index (χ1n) is 7.99. The van der Waals surface area contributed by atoms with E-state index in [1.54, 1.807) is 24.3 Å². The topological polar surface area (TPSA) is 85.9 Å². The molecule has 1 unspecified atom stereocenters.